The highest BCUT2D eigenvalue weighted by molar-refractivity contribution is 6.32. The SMILES string of the molecule is CC(=O)N1CC[C@@H](NCc2cc(Cl)c3c(c2)OCCO3)[C@@H](C)C1. The lowest BCUT2D eigenvalue weighted by atomic mass is 9.93. The van der Waals surface area contributed by atoms with Gasteiger partial charge in [0.05, 0.1) is 5.02 Å². The summed E-state index contributed by atoms with van der Waals surface area (Å²) in [5, 5.41) is 4.18. The van der Waals surface area contributed by atoms with Crippen molar-refractivity contribution in [3.05, 3.63) is 22.7 Å². The highest BCUT2D eigenvalue weighted by atomic mass is 35.5. The van der Waals surface area contributed by atoms with Crippen LogP contribution in [0.1, 0.15) is 25.8 Å². The van der Waals surface area contributed by atoms with Crippen LogP contribution < -0.4 is 14.8 Å². The van der Waals surface area contributed by atoms with Crippen molar-refractivity contribution in [1.82, 2.24) is 10.2 Å². The fourth-order valence-electron chi connectivity index (χ4n) is 3.25. The van der Waals surface area contributed by atoms with Gasteiger partial charge in [0.2, 0.25) is 5.91 Å². The summed E-state index contributed by atoms with van der Waals surface area (Å²) >= 11 is 6.27. The number of benzene rings is 1. The smallest absolute Gasteiger partial charge is 0.219 e. The van der Waals surface area contributed by atoms with Crippen LogP contribution in [0.15, 0.2) is 12.1 Å². The van der Waals surface area contributed by atoms with Crippen molar-refractivity contribution < 1.29 is 14.3 Å². The number of hydrogen-bond donors (Lipinski definition) is 1. The van der Waals surface area contributed by atoms with E-state index in [0.29, 0.717) is 35.9 Å². The zero-order valence-electron chi connectivity index (χ0n) is 13.6. The Balaban J connectivity index is 1.60. The summed E-state index contributed by atoms with van der Waals surface area (Å²) in [5.41, 5.74) is 1.08. The van der Waals surface area contributed by atoms with Crippen molar-refractivity contribution >= 4 is 17.5 Å². The first-order valence-electron chi connectivity index (χ1n) is 8.11. The fourth-order valence-corrected chi connectivity index (χ4v) is 3.54. The number of nitrogens with one attached hydrogen (secondary N) is 1. The lowest BCUT2D eigenvalue weighted by Crippen LogP contribution is -2.49. The molecule has 2 heterocycles. The van der Waals surface area contributed by atoms with Crippen molar-refractivity contribution in [3.8, 4) is 11.5 Å². The molecule has 0 aliphatic carbocycles. The van der Waals surface area contributed by atoms with Gasteiger partial charge in [0, 0.05) is 32.6 Å². The Morgan fingerprint density at radius 3 is 2.91 bits per heavy atom. The first-order chi connectivity index (χ1) is 11.0. The fraction of sp³-hybridized carbons (Fsp3) is 0.588. The molecule has 3 rings (SSSR count). The molecule has 1 N–H and O–H groups in total. The predicted octanol–water partition coefficient (Wildman–Crippen LogP) is 2.46. The van der Waals surface area contributed by atoms with E-state index in [9.17, 15) is 4.79 Å². The largest absolute Gasteiger partial charge is 0.486 e. The number of nitrogens with zero attached hydrogens (tertiary/aromatic N) is 1. The maximum absolute atomic E-state index is 11.5. The number of ether oxygens (including phenoxy) is 2. The zero-order chi connectivity index (χ0) is 16.4. The molecular formula is C17H23ClN2O3. The van der Waals surface area contributed by atoms with Crippen molar-refractivity contribution in [3.63, 3.8) is 0 Å². The molecule has 126 valence electrons. The van der Waals surface area contributed by atoms with E-state index in [2.05, 4.69) is 12.2 Å². The van der Waals surface area contributed by atoms with Gasteiger partial charge in [-0.25, -0.2) is 0 Å². The number of halogens is 1. The Hall–Kier alpha value is -1.46. The topological polar surface area (TPSA) is 50.8 Å². The van der Waals surface area contributed by atoms with Crippen LogP contribution in [-0.4, -0.2) is 43.2 Å². The molecule has 1 amide bonds. The molecule has 5 nitrogen and oxygen atoms in total. The van der Waals surface area contributed by atoms with Crippen molar-refractivity contribution in [1.29, 1.82) is 0 Å². The van der Waals surface area contributed by atoms with Gasteiger partial charge in [-0.15, -0.1) is 0 Å². The van der Waals surface area contributed by atoms with Crippen LogP contribution in [0, 0.1) is 5.92 Å². The van der Waals surface area contributed by atoms with Crippen LogP contribution in [0.2, 0.25) is 5.02 Å². The van der Waals surface area contributed by atoms with Crippen molar-refractivity contribution in [2.75, 3.05) is 26.3 Å². The predicted molar refractivity (Wildman–Crippen MR) is 89.1 cm³/mol. The zero-order valence-corrected chi connectivity index (χ0v) is 14.4. The standard InChI is InChI=1S/C17H23ClN2O3/c1-11-10-20(12(2)21)4-3-15(11)19-9-13-7-14(18)17-16(8-13)22-5-6-23-17/h7-8,11,15,19H,3-6,9-10H2,1-2H3/t11-,15+/m0/s1. The number of piperidine rings is 1. The Morgan fingerprint density at radius 1 is 1.39 bits per heavy atom. The number of rotatable bonds is 3. The molecule has 1 aromatic rings. The number of carbonyl (C=O) groups is 1. The number of likely N-dealkylation sites (tertiary alicyclic amines) is 1. The van der Waals surface area contributed by atoms with Crippen LogP contribution >= 0.6 is 11.6 Å². The Labute approximate surface area is 141 Å². The highest BCUT2D eigenvalue weighted by Crippen LogP contribution is 2.38. The minimum atomic E-state index is 0.161. The van der Waals surface area contributed by atoms with Crippen molar-refractivity contribution in [2.45, 2.75) is 32.9 Å². The molecular weight excluding hydrogens is 316 g/mol. The quantitative estimate of drug-likeness (QED) is 0.919. The maximum atomic E-state index is 11.5. The first-order valence-corrected chi connectivity index (χ1v) is 8.49. The lowest BCUT2D eigenvalue weighted by Gasteiger charge is -2.37. The van der Waals surface area contributed by atoms with E-state index in [1.54, 1.807) is 6.92 Å². The minimum Gasteiger partial charge on any atom is -0.486 e. The lowest BCUT2D eigenvalue weighted by molar-refractivity contribution is -0.130. The third-order valence-electron chi connectivity index (χ3n) is 4.58. The monoisotopic (exact) mass is 338 g/mol. The molecule has 0 radical (unpaired) electrons. The van der Waals surface area contributed by atoms with E-state index in [1.165, 1.54) is 0 Å². The average molecular weight is 339 g/mol. The van der Waals surface area contributed by atoms with Gasteiger partial charge in [0.25, 0.3) is 0 Å². The maximum Gasteiger partial charge on any atom is 0.219 e. The van der Waals surface area contributed by atoms with Crippen LogP contribution in [0.4, 0.5) is 0 Å². The molecule has 0 bridgehead atoms. The second-order valence-electron chi connectivity index (χ2n) is 6.32. The van der Waals surface area contributed by atoms with Gasteiger partial charge in [-0.05, 0) is 30.0 Å². The number of amides is 1. The van der Waals surface area contributed by atoms with E-state index < -0.39 is 0 Å². The van der Waals surface area contributed by atoms with Crippen LogP contribution in [-0.2, 0) is 11.3 Å². The second kappa shape index (κ2) is 6.97. The number of carbonyl (C=O) groups excluding carboxylic acids is 1. The average Bonchev–Trinajstić information content (AvgIpc) is 2.53. The third kappa shape index (κ3) is 3.72. The summed E-state index contributed by atoms with van der Waals surface area (Å²) in [5.74, 6) is 1.96. The molecule has 1 fully saturated rings. The van der Waals surface area contributed by atoms with E-state index in [0.717, 1.165) is 37.4 Å². The van der Waals surface area contributed by atoms with Gasteiger partial charge >= 0.3 is 0 Å². The Morgan fingerprint density at radius 2 is 2.17 bits per heavy atom. The normalized spacial score (nSPS) is 23.7. The summed E-state index contributed by atoms with van der Waals surface area (Å²) in [6, 6.07) is 4.32. The van der Waals surface area contributed by atoms with Crippen LogP contribution in [0.25, 0.3) is 0 Å². The summed E-state index contributed by atoms with van der Waals surface area (Å²) in [4.78, 5) is 13.4. The van der Waals surface area contributed by atoms with E-state index >= 15 is 0 Å². The van der Waals surface area contributed by atoms with Crippen LogP contribution in [0.3, 0.4) is 0 Å². The summed E-state index contributed by atoms with van der Waals surface area (Å²) in [6.45, 7) is 7.28. The van der Waals surface area contributed by atoms with E-state index in [1.807, 2.05) is 17.0 Å². The summed E-state index contributed by atoms with van der Waals surface area (Å²) < 4.78 is 11.2. The molecule has 1 saturated heterocycles. The van der Waals surface area contributed by atoms with Gasteiger partial charge in [-0.3, -0.25) is 4.79 Å². The minimum absolute atomic E-state index is 0.161. The van der Waals surface area contributed by atoms with Crippen LogP contribution in [0.5, 0.6) is 11.5 Å². The molecule has 2 aliphatic rings. The van der Waals surface area contributed by atoms with Gasteiger partial charge in [-0.2, -0.15) is 0 Å². The number of hydrogen-bond acceptors (Lipinski definition) is 4. The molecule has 1 aromatic carbocycles. The molecule has 6 heteroatoms. The summed E-state index contributed by atoms with van der Waals surface area (Å²) in [7, 11) is 0. The van der Waals surface area contributed by atoms with Crippen molar-refractivity contribution in [2.24, 2.45) is 5.92 Å². The molecule has 0 unspecified atom stereocenters. The number of fused-ring (bicyclic) bond motifs is 1. The van der Waals surface area contributed by atoms with E-state index in [4.69, 9.17) is 21.1 Å². The molecule has 2 aliphatic heterocycles. The van der Waals surface area contributed by atoms with Gasteiger partial charge in [-0.1, -0.05) is 18.5 Å². The van der Waals surface area contributed by atoms with E-state index in [-0.39, 0.29) is 5.91 Å². The van der Waals surface area contributed by atoms with Gasteiger partial charge < -0.3 is 19.7 Å². The summed E-state index contributed by atoms with van der Waals surface area (Å²) in [6.07, 6.45) is 0.971. The highest BCUT2D eigenvalue weighted by Gasteiger charge is 2.27. The van der Waals surface area contributed by atoms with Gasteiger partial charge in [0.1, 0.15) is 13.2 Å². The third-order valence-corrected chi connectivity index (χ3v) is 4.86. The Kier molecular flexibility index (Phi) is 4.97. The second-order valence-corrected chi connectivity index (χ2v) is 6.73. The molecule has 2 atom stereocenters. The molecule has 0 saturated carbocycles. The Bertz CT molecular complexity index is 593. The molecule has 23 heavy (non-hydrogen) atoms. The van der Waals surface area contributed by atoms with Gasteiger partial charge in [0.15, 0.2) is 11.5 Å². The molecule has 0 spiro atoms. The first kappa shape index (κ1) is 16.4. The molecule has 0 aromatic heterocycles.